The van der Waals surface area contributed by atoms with Crippen molar-refractivity contribution < 1.29 is 14.0 Å². The molecule has 1 atom stereocenters. The van der Waals surface area contributed by atoms with Gasteiger partial charge in [0.2, 0.25) is 5.91 Å². The molecule has 0 saturated carbocycles. The van der Waals surface area contributed by atoms with Gasteiger partial charge in [-0.2, -0.15) is 5.10 Å². The van der Waals surface area contributed by atoms with E-state index in [0.717, 1.165) is 11.3 Å². The van der Waals surface area contributed by atoms with Crippen LogP contribution in [0.5, 0.6) is 0 Å². The summed E-state index contributed by atoms with van der Waals surface area (Å²) >= 11 is 12.2. The van der Waals surface area contributed by atoms with Crippen LogP contribution in [0.1, 0.15) is 30.7 Å². The van der Waals surface area contributed by atoms with E-state index in [2.05, 4.69) is 15.7 Å². The SMILES string of the molecule is CC(=O)Nc1ccc(NCC(=O)N2N=C(c3ccc(Cl)cc3)C[C@H]2c2ccco2)cc1Cl. The first kappa shape index (κ1) is 21.9. The summed E-state index contributed by atoms with van der Waals surface area (Å²) in [5, 5.41) is 12.7. The van der Waals surface area contributed by atoms with Gasteiger partial charge in [0, 0.05) is 24.1 Å². The van der Waals surface area contributed by atoms with Crippen LogP contribution in [0, 0.1) is 0 Å². The highest BCUT2D eigenvalue weighted by atomic mass is 35.5. The topological polar surface area (TPSA) is 86.9 Å². The lowest BCUT2D eigenvalue weighted by Gasteiger charge is -2.20. The molecule has 0 radical (unpaired) electrons. The zero-order valence-corrected chi connectivity index (χ0v) is 18.7. The molecule has 2 amide bonds. The van der Waals surface area contributed by atoms with E-state index in [1.165, 1.54) is 11.9 Å². The fraction of sp³-hybridized carbons (Fsp3) is 0.174. The van der Waals surface area contributed by atoms with Crippen molar-refractivity contribution in [3.8, 4) is 0 Å². The van der Waals surface area contributed by atoms with E-state index < -0.39 is 0 Å². The van der Waals surface area contributed by atoms with Crippen LogP contribution in [0.4, 0.5) is 11.4 Å². The van der Waals surface area contributed by atoms with E-state index in [1.54, 1.807) is 42.7 Å². The molecule has 1 aromatic heterocycles. The van der Waals surface area contributed by atoms with Crippen molar-refractivity contribution in [2.24, 2.45) is 5.10 Å². The molecule has 0 fully saturated rings. The van der Waals surface area contributed by atoms with Gasteiger partial charge in [-0.1, -0.05) is 35.3 Å². The smallest absolute Gasteiger partial charge is 0.262 e. The Labute approximate surface area is 195 Å². The molecular weight excluding hydrogens is 451 g/mol. The number of nitrogens with one attached hydrogen (secondary N) is 2. The number of anilines is 2. The highest BCUT2D eigenvalue weighted by Crippen LogP contribution is 2.33. The third-order valence-electron chi connectivity index (χ3n) is 4.94. The number of carbonyl (C=O) groups excluding carboxylic acids is 2. The van der Waals surface area contributed by atoms with E-state index in [-0.39, 0.29) is 24.4 Å². The summed E-state index contributed by atoms with van der Waals surface area (Å²) in [6.45, 7) is 1.41. The quantitative estimate of drug-likeness (QED) is 0.509. The number of amides is 2. The van der Waals surface area contributed by atoms with Crippen LogP contribution in [0.15, 0.2) is 70.4 Å². The number of halogens is 2. The van der Waals surface area contributed by atoms with E-state index in [4.69, 9.17) is 27.6 Å². The summed E-state index contributed by atoms with van der Waals surface area (Å²) in [7, 11) is 0. The van der Waals surface area contributed by atoms with E-state index in [0.29, 0.717) is 33.6 Å². The second-order valence-electron chi connectivity index (χ2n) is 7.26. The fourth-order valence-electron chi connectivity index (χ4n) is 3.43. The van der Waals surface area contributed by atoms with Crippen LogP contribution >= 0.6 is 23.2 Å². The lowest BCUT2D eigenvalue weighted by atomic mass is 10.0. The summed E-state index contributed by atoms with van der Waals surface area (Å²) in [5.74, 6) is 0.223. The predicted molar refractivity (Wildman–Crippen MR) is 125 cm³/mol. The number of nitrogens with zero attached hydrogens (tertiary/aromatic N) is 2. The van der Waals surface area contributed by atoms with E-state index in [9.17, 15) is 9.59 Å². The molecule has 7 nitrogen and oxygen atoms in total. The van der Waals surface area contributed by atoms with Gasteiger partial charge >= 0.3 is 0 Å². The van der Waals surface area contributed by atoms with Gasteiger partial charge in [-0.15, -0.1) is 0 Å². The Kier molecular flexibility index (Phi) is 6.48. The van der Waals surface area contributed by atoms with E-state index in [1.807, 2.05) is 18.2 Å². The Morgan fingerprint density at radius 1 is 1.16 bits per heavy atom. The van der Waals surface area contributed by atoms with Crippen LogP contribution in [-0.4, -0.2) is 29.1 Å². The number of furan rings is 1. The maximum absolute atomic E-state index is 13.1. The molecule has 2 N–H and O–H groups in total. The normalized spacial score (nSPS) is 15.4. The van der Waals surface area contributed by atoms with Crippen molar-refractivity contribution in [2.45, 2.75) is 19.4 Å². The van der Waals surface area contributed by atoms with E-state index >= 15 is 0 Å². The molecule has 2 heterocycles. The van der Waals surface area contributed by atoms with Crippen molar-refractivity contribution >= 4 is 52.1 Å². The minimum atomic E-state index is -0.337. The van der Waals surface area contributed by atoms with Crippen LogP contribution in [0.25, 0.3) is 0 Å². The Hall–Kier alpha value is -3.29. The zero-order chi connectivity index (χ0) is 22.7. The highest BCUT2D eigenvalue weighted by molar-refractivity contribution is 6.34. The lowest BCUT2D eigenvalue weighted by Crippen LogP contribution is -2.32. The number of hydrogen-bond donors (Lipinski definition) is 2. The first-order valence-electron chi connectivity index (χ1n) is 9.90. The summed E-state index contributed by atoms with van der Waals surface area (Å²) in [4.78, 5) is 24.3. The average molecular weight is 471 g/mol. The molecule has 4 rings (SSSR count). The van der Waals surface area contributed by atoms with Crippen molar-refractivity contribution in [2.75, 3.05) is 17.2 Å². The molecule has 164 valence electrons. The third kappa shape index (κ3) is 4.95. The van der Waals surface area contributed by atoms with Gasteiger partial charge in [0.05, 0.1) is 29.2 Å². The molecule has 9 heteroatoms. The number of hydrazone groups is 1. The van der Waals surface area contributed by atoms with Crippen LogP contribution in [0.2, 0.25) is 10.0 Å². The molecular formula is C23H20Cl2N4O3. The molecule has 0 bridgehead atoms. The zero-order valence-electron chi connectivity index (χ0n) is 17.1. The minimum Gasteiger partial charge on any atom is -0.467 e. The van der Waals surface area contributed by atoms with Crippen molar-refractivity contribution in [3.63, 3.8) is 0 Å². The molecule has 32 heavy (non-hydrogen) atoms. The maximum atomic E-state index is 13.1. The first-order chi connectivity index (χ1) is 15.4. The maximum Gasteiger partial charge on any atom is 0.262 e. The molecule has 0 spiro atoms. The Bertz CT molecular complexity index is 1160. The van der Waals surface area contributed by atoms with Gasteiger partial charge in [0.1, 0.15) is 11.8 Å². The predicted octanol–water partition coefficient (Wildman–Crippen LogP) is 5.33. The minimum absolute atomic E-state index is 0.00438. The molecule has 3 aromatic rings. The first-order valence-corrected chi connectivity index (χ1v) is 10.7. The van der Waals surface area contributed by atoms with Gasteiger partial charge in [-0.25, -0.2) is 5.01 Å². The Morgan fingerprint density at radius 2 is 1.94 bits per heavy atom. The van der Waals surface area contributed by atoms with Gasteiger partial charge in [0.25, 0.3) is 5.91 Å². The summed E-state index contributed by atoms with van der Waals surface area (Å²) in [6, 6.07) is 15.7. The molecule has 2 aromatic carbocycles. The average Bonchev–Trinajstić information content (AvgIpc) is 3.44. The standard InChI is InChI=1S/C23H20Cl2N4O3/c1-14(30)27-19-9-8-17(11-18(19)25)26-13-23(31)29-21(22-3-2-10-32-22)12-20(28-29)15-4-6-16(24)7-5-15/h2-11,21,26H,12-13H2,1H3,(H,27,30)/t21-/m0/s1. The molecule has 0 aliphatic carbocycles. The molecule has 0 unspecified atom stereocenters. The largest absolute Gasteiger partial charge is 0.467 e. The van der Waals surface area contributed by atoms with Gasteiger partial charge in [-0.05, 0) is 48.0 Å². The number of hydrogen-bond acceptors (Lipinski definition) is 5. The van der Waals surface area contributed by atoms with Crippen molar-refractivity contribution in [3.05, 3.63) is 82.2 Å². The molecule has 0 saturated heterocycles. The Morgan fingerprint density at radius 3 is 2.59 bits per heavy atom. The summed E-state index contributed by atoms with van der Waals surface area (Å²) in [5.41, 5.74) is 2.83. The second kappa shape index (κ2) is 9.46. The fourth-order valence-corrected chi connectivity index (χ4v) is 3.79. The highest BCUT2D eigenvalue weighted by Gasteiger charge is 2.34. The van der Waals surface area contributed by atoms with Crippen LogP contribution in [0.3, 0.4) is 0 Å². The Balaban J connectivity index is 1.50. The van der Waals surface area contributed by atoms with Crippen LogP contribution in [-0.2, 0) is 9.59 Å². The van der Waals surface area contributed by atoms with Crippen LogP contribution < -0.4 is 10.6 Å². The summed E-state index contributed by atoms with van der Waals surface area (Å²) < 4.78 is 5.56. The third-order valence-corrected chi connectivity index (χ3v) is 5.50. The van der Waals surface area contributed by atoms with Crippen molar-refractivity contribution in [1.29, 1.82) is 0 Å². The summed E-state index contributed by atoms with van der Waals surface area (Å²) in [6.07, 6.45) is 2.10. The number of rotatable bonds is 6. The number of carbonyl (C=O) groups is 2. The second-order valence-corrected chi connectivity index (χ2v) is 8.10. The van der Waals surface area contributed by atoms with Crippen molar-refractivity contribution in [1.82, 2.24) is 5.01 Å². The molecule has 1 aliphatic rings. The van der Waals surface area contributed by atoms with Gasteiger partial charge in [-0.3, -0.25) is 9.59 Å². The van der Waals surface area contributed by atoms with Gasteiger partial charge in [0.15, 0.2) is 0 Å². The molecule has 1 aliphatic heterocycles. The lowest BCUT2D eigenvalue weighted by molar-refractivity contribution is -0.131. The number of benzene rings is 2. The monoisotopic (exact) mass is 470 g/mol. The van der Waals surface area contributed by atoms with Gasteiger partial charge < -0.3 is 15.1 Å².